The number of hydrogen-bond donors (Lipinski definition) is 0. The molecule has 198 valence electrons. The molecule has 0 spiro atoms. The van der Waals surface area contributed by atoms with Crippen LogP contribution in [-0.2, 0) is 24.4 Å². The van der Waals surface area contributed by atoms with E-state index in [-0.39, 0.29) is 5.41 Å². The Balaban J connectivity index is 1.57. The number of fused-ring (bicyclic) bond motifs is 4. The molecular weight excluding hydrogens is 495 g/mol. The van der Waals surface area contributed by atoms with Gasteiger partial charge in [-0.1, -0.05) is 60.8 Å². The maximum Gasteiger partial charge on any atom is 0.157 e. The highest BCUT2D eigenvalue weighted by molar-refractivity contribution is 7.00. The molecule has 3 aromatic carbocycles. The first kappa shape index (κ1) is 27.0. The van der Waals surface area contributed by atoms with Crippen molar-refractivity contribution in [2.24, 2.45) is 0 Å². The van der Waals surface area contributed by atoms with Gasteiger partial charge in [-0.15, -0.1) is 0 Å². The summed E-state index contributed by atoms with van der Waals surface area (Å²) in [6.07, 6.45) is 1.72. The van der Waals surface area contributed by atoms with Gasteiger partial charge in [-0.05, 0) is 46.7 Å². The maximum atomic E-state index is 6.02. The van der Waals surface area contributed by atoms with Gasteiger partial charge >= 0.3 is 0 Å². The SMILES string of the molecule is CBc1ccc(-c2ccc3c(c2)C(CCOCCOC)(CCOCCOC)c2ccccc2-3)c2nsnc12. The van der Waals surface area contributed by atoms with Crippen molar-refractivity contribution in [3.05, 3.63) is 65.7 Å². The van der Waals surface area contributed by atoms with Gasteiger partial charge in [-0.25, -0.2) is 0 Å². The molecule has 1 aliphatic rings. The second-order valence-electron chi connectivity index (χ2n) is 9.69. The van der Waals surface area contributed by atoms with Crippen molar-refractivity contribution in [3.63, 3.8) is 0 Å². The molecule has 1 aliphatic carbocycles. The highest BCUT2D eigenvalue weighted by Gasteiger charge is 2.42. The van der Waals surface area contributed by atoms with E-state index >= 15 is 0 Å². The number of benzene rings is 3. The average Bonchev–Trinajstić information content (AvgIpc) is 3.55. The third kappa shape index (κ3) is 5.16. The zero-order chi connectivity index (χ0) is 26.4. The van der Waals surface area contributed by atoms with Gasteiger partial charge in [0, 0.05) is 38.4 Å². The van der Waals surface area contributed by atoms with E-state index in [9.17, 15) is 0 Å². The zero-order valence-electron chi connectivity index (χ0n) is 22.5. The first-order valence-corrected chi connectivity index (χ1v) is 14.1. The highest BCUT2D eigenvalue weighted by atomic mass is 32.1. The number of methoxy groups -OCH3 is 2. The Bertz CT molecular complexity index is 1360. The van der Waals surface area contributed by atoms with Gasteiger partial charge < -0.3 is 18.9 Å². The first-order chi connectivity index (χ1) is 18.7. The van der Waals surface area contributed by atoms with Crippen molar-refractivity contribution in [1.82, 2.24) is 8.75 Å². The van der Waals surface area contributed by atoms with Crippen LogP contribution < -0.4 is 5.46 Å². The second-order valence-corrected chi connectivity index (χ2v) is 10.2. The Morgan fingerprint density at radius 3 is 2.08 bits per heavy atom. The van der Waals surface area contributed by atoms with Gasteiger partial charge in [0.2, 0.25) is 0 Å². The molecule has 1 aromatic heterocycles. The molecule has 1 heterocycles. The molecule has 4 aromatic rings. The summed E-state index contributed by atoms with van der Waals surface area (Å²) in [6.45, 7) is 5.81. The number of aromatic nitrogens is 2. The van der Waals surface area contributed by atoms with E-state index in [0.717, 1.165) is 36.7 Å². The Kier molecular flexibility index (Phi) is 8.87. The molecule has 0 fully saturated rings. The predicted octanol–water partition coefficient (Wildman–Crippen LogP) is 4.84. The number of ether oxygens (including phenoxy) is 4. The molecule has 0 aliphatic heterocycles. The summed E-state index contributed by atoms with van der Waals surface area (Å²) >= 11 is 1.29. The van der Waals surface area contributed by atoms with E-state index in [4.69, 9.17) is 23.3 Å². The van der Waals surface area contributed by atoms with E-state index < -0.39 is 0 Å². The minimum absolute atomic E-state index is 0.217. The van der Waals surface area contributed by atoms with E-state index in [0.29, 0.717) is 39.6 Å². The molecule has 6 nitrogen and oxygen atoms in total. The van der Waals surface area contributed by atoms with Crippen LogP contribution in [0.5, 0.6) is 0 Å². The number of nitrogens with zero attached hydrogens (tertiary/aromatic N) is 2. The zero-order valence-corrected chi connectivity index (χ0v) is 23.3. The molecular formula is C30H35BN2O4S. The van der Waals surface area contributed by atoms with Crippen LogP contribution in [0.15, 0.2) is 54.6 Å². The van der Waals surface area contributed by atoms with Gasteiger partial charge in [0.1, 0.15) is 5.52 Å². The Labute approximate surface area is 229 Å². The molecule has 0 amide bonds. The van der Waals surface area contributed by atoms with Crippen LogP contribution in [0.3, 0.4) is 0 Å². The minimum Gasteiger partial charge on any atom is -0.382 e. The van der Waals surface area contributed by atoms with E-state index in [2.05, 4.69) is 65.8 Å². The smallest absolute Gasteiger partial charge is 0.157 e. The standard InChI is InChI=1S/C30H35BN2O4S/c1-31-27-11-10-22(28-29(27)33-38-32-28)21-8-9-24-23-6-4-5-7-25(23)30(26(24)20-21,12-14-36-18-16-34-2)13-15-37-19-17-35-3/h4-11,20,31H,12-19H2,1-3H3. The molecule has 0 bridgehead atoms. The van der Waals surface area contributed by atoms with Crippen LogP contribution in [-0.4, -0.2) is 69.9 Å². The summed E-state index contributed by atoms with van der Waals surface area (Å²) in [5.74, 6) is 0. The number of rotatable bonds is 14. The largest absolute Gasteiger partial charge is 0.382 e. The van der Waals surface area contributed by atoms with Crippen molar-refractivity contribution in [2.45, 2.75) is 25.1 Å². The molecule has 0 atom stereocenters. The maximum absolute atomic E-state index is 6.02. The van der Waals surface area contributed by atoms with Crippen molar-refractivity contribution in [2.75, 3.05) is 53.9 Å². The molecule has 0 unspecified atom stereocenters. The van der Waals surface area contributed by atoms with Crippen LogP contribution in [0, 0.1) is 0 Å². The highest BCUT2D eigenvalue weighted by Crippen LogP contribution is 2.53. The monoisotopic (exact) mass is 530 g/mol. The van der Waals surface area contributed by atoms with Crippen LogP contribution in [0.1, 0.15) is 24.0 Å². The molecule has 38 heavy (non-hydrogen) atoms. The van der Waals surface area contributed by atoms with Crippen molar-refractivity contribution < 1.29 is 18.9 Å². The lowest BCUT2D eigenvalue weighted by Crippen LogP contribution is -2.29. The lowest BCUT2D eigenvalue weighted by molar-refractivity contribution is 0.0491. The lowest BCUT2D eigenvalue weighted by Gasteiger charge is -2.32. The normalized spacial score (nSPS) is 13.6. The fourth-order valence-electron chi connectivity index (χ4n) is 5.70. The molecule has 5 rings (SSSR count). The Hall–Kier alpha value is -2.62. The summed E-state index contributed by atoms with van der Waals surface area (Å²) in [4.78, 5) is 0. The predicted molar refractivity (Wildman–Crippen MR) is 156 cm³/mol. The topological polar surface area (TPSA) is 62.7 Å². The van der Waals surface area contributed by atoms with Gasteiger partial charge in [0.05, 0.1) is 43.7 Å². The van der Waals surface area contributed by atoms with E-state index in [1.165, 1.54) is 45.0 Å². The van der Waals surface area contributed by atoms with E-state index in [1.807, 2.05) is 0 Å². The first-order valence-electron chi connectivity index (χ1n) is 13.4. The summed E-state index contributed by atoms with van der Waals surface area (Å²) < 4.78 is 31.7. The Morgan fingerprint density at radius 1 is 0.711 bits per heavy atom. The van der Waals surface area contributed by atoms with E-state index in [1.54, 1.807) is 14.2 Å². The van der Waals surface area contributed by atoms with Gasteiger partial charge in [0.15, 0.2) is 7.28 Å². The average molecular weight is 530 g/mol. The molecule has 0 radical (unpaired) electrons. The molecule has 0 saturated carbocycles. The quantitative estimate of drug-likeness (QED) is 0.172. The summed E-state index contributed by atoms with van der Waals surface area (Å²) in [5.41, 5.74) is 10.6. The molecule has 8 heteroatoms. The van der Waals surface area contributed by atoms with Crippen LogP contribution in [0.4, 0.5) is 0 Å². The second kappa shape index (κ2) is 12.5. The van der Waals surface area contributed by atoms with Crippen LogP contribution in [0.25, 0.3) is 33.3 Å². The number of hydrogen-bond acceptors (Lipinski definition) is 7. The third-order valence-electron chi connectivity index (χ3n) is 7.67. The minimum atomic E-state index is -0.217. The van der Waals surface area contributed by atoms with Crippen molar-refractivity contribution in [1.29, 1.82) is 0 Å². The summed E-state index contributed by atoms with van der Waals surface area (Å²) in [5, 5.41) is 0. The van der Waals surface area contributed by atoms with Crippen LogP contribution in [0.2, 0.25) is 6.82 Å². The molecule has 0 N–H and O–H groups in total. The summed E-state index contributed by atoms with van der Waals surface area (Å²) in [7, 11) is 4.35. The fourth-order valence-corrected chi connectivity index (χ4v) is 6.30. The van der Waals surface area contributed by atoms with Crippen molar-refractivity contribution >= 4 is 35.5 Å². The van der Waals surface area contributed by atoms with Gasteiger partial charge in [-0.3, -0.25) is 0 Å². The lowest BCUT2D eigenvalue weighted by atomic mass is 9.71. The Morgan fingerprint density at radius 2 is 1.37 bits per heavy atom. The van der Waals surface area contributed by atoms with Gasteiger partial charge in [0.25, 0.3) is 0 Å². The molecule has 0 saturated heterocycles. The summed E-state index contributed by atoms with van der Waals surface area (Å²) in [6, 6.07) is 20.1. The van der Waals surface area contributed by atoms with Crippen molar-refractivity contribution in [3.8, 4) is 22.3 Å². The van der Waals surface area contributed by atoms with Gasteiger partial charge in [-0.2, -0.15) is 8.75 Å². The fraction of sp³-hybridized carbons (Fsp3) is 0.400. The third-order valence-corrected chi connectivity index (χ3v) is 8.20. The van der Waals surface area contributed by atoms with Crippen LogP contribution >= 0.6 is 11.7 Å².